The van der Waals surface area contributed by atoms with Crippen LogP contribution in [0.25, 0.3) is 99.1 Å². The Balaban J connectivity index is 1.36. The highest BCUT2D eigenvalue weighted by Gasteiger charge is 2.21. The van der Waals surface area contributed by atoms with Crippen molar-refractivity contribution in [2.75, 3.05) is 0 Å². The Bertz CT molecular complexity index is 3980. The van der Waals surface area contributed by atoms with E-state index in [1.165, 1.54) is 12.1 Å². The molecule has 0 bridgehead atoms. The standard InChI is InChI=1S/C50H32O/c1-4-15-33(16-5-1)36-28-30-46-45(31-36)50-43(25-14-26-47(50)51-46)49-41-23-12-10-21-39(41)48(40-22-11-13-24-42(40)49)37-27-29-38(34-17-6-2-7-18-34)44(32-37)35-19-8-3-9-20-35/h1-32H/i1D,2D,3D,4D,5D,6D,7D,8D,9D,14D,15D,16D,17D,18D,19D,20D,25D,26D,28D,30D,31D. The lowest BCUT2D eigenvalue weighted by Gasteiger charge is -2.19. The maximum absolute atomic E-state index is 9.64. The minimum Gasteiger partial charge on any atom is -0.456 e. The normalized spacial score (nSPS) is 17.3. The molecule has 0 saturated carbocycles. The Kier molecular flexibility index (Phi) is 3.54. The van der Waals surface area contributed by atoms with E-state index in [0.717, 1.165) is 0 Å². The summed E-state index contributed by atoms with van der Waals surface area (Å²) in [6.07, 6.45) is 0. The molecule has 9 aromatic carbocycles. The highest BCUT2D eigenvalue weighted by molar-refractivity contribution is 6.26. The van der Waals surface area contributed by atoms with E-state index >= 15 is 0 Å². The van der Waals surface area contributed by atoms with Gasteiger partial charge in [-0.15, -0.1) is 0 Å². The van der Waals surface area contributed by atoms with Gasteiger partial charge in [-0.1, -0.05) is 169 Å². The van der Waals surface area contributed by atoms with Crippen molar-refractivity contribution in [2.24, 2.45) is 0 Å². The summed E-state index contributed by atoms with van der Waals surface area (Å²) < 4.78 is 190. The third-order valence-electron chi connectivity index (χ3n) is 8.85. The minimum atomic E-state index is -0.739. The van der Waals surface area contributed by atoms with Crippen LogP contribution in [0.2, 0.25) is 0 Å². The summed E-state index contributed by atoms with van der Waals surface area (Å²) in [5.74, 6) is 0. The summed E-state index contributed by atoms with van der Waals surface area (Å²) in [5, 5.41) is 1.51. The quantitative estimate of drug-likeness (QED) is 0.166. The zero-order valence-electron chi connectivity index (χ0n) is 47.3. The molecule has 51 heavy (non-hydrogen) atoms. The van der Waals surface area contributed by atoms with Crippen molar-refractivity contribution in [1.82, 2.24) is 0 Å². The van der Waals surface area contributed by atoms with Gasteiger partial charge < -0.3 is 4.42 Å². The first-order valence-electron chi connectivity index (χ1n) is 26.3. The van der Waals surface area contributed by atoms with Crippen LogP contribution in [0.1, 0.15) is 28.8 Å². The molecule has 1 heterocycles. The van der Waals surface area contributed by atoms with Gasteiger partial charge >= 0.3 is 0 Å². The van der Waals surface area contributed by atoms with Crippen LogP contribution < -0.4 is 0 Å². The van der Waals surface area contributed by atoms with E-state index < -0.39 is 138 Å². The largest absolute Gasteiger partial charge is 0.456 e. The van der Waals surface area contributed by atoms with Crippen LogP contribution in [0.15, 0.2) is 198 Å². The molecular weight excluding hydrogens is 617 g/mol. The Hall–Kier alpha value is -6.70. The monoisotopic (exact) mass is 669 g/mol. The molecule has 0 aliphatic heterocycles. The smallest absolute Gasteiger partial charge is 0.136 e. The lowest BCUT2D eigenvalue weighted by Crippen LogP contribution is -1.93. The number of furan rings is 1. The number of fused-ring (bicyclic) bond motifs is 5. The molecule has 0 aliphatic rings. The van der Waals surface area contributed by atoms with Crippen LogP contribution in [0.3, 0.4) is 0 Å². The summed E-state index contributed by atoms with van der Waals surface area (Å²) in [5.41, 5.74) is -1.22. The van der Waals surface area contributed by atoms with Gasteiger partial charge in [0.2, 0.25) is 0 Å². The molecule has 1 nitrogen and oxygen atoms in total. The van der Waals surface area contributed by atoms with Gasteiger partial charge in [-0.3, -0.25) is 0 Å². The molecule has 0 unspecified atom stereocenters. The molecule has 0 amide bonds. The van der Waals surface area contributed by atoms with Gasteiger partial charge in [0.05, 0.1) is 28.8 Å². The fourth-order valence-corrected chi connectivity index (χ4v) is 6.74. The van der Waals surface area contributed by atoms with Crippen molar-refractivity contribution in [2.45, 2.75) is 0 Å². The third-order valence-corrected chi connectivity index (χ3v) is 8.85. The van der Waals surface area contributed by atoms with Crippen LogP contribution in [-0.4, -0.2) is 0 Å². The molecule has 0 spiro atoms. The summed E-state index contributed by atoms with van der Waals surface area (Å²) in [4.78, 5) is 0. The average Bonchev–Trinajstić information content (AvgIpc) is 3.78. The number of benzene rings is 9. The number of rotatable bonds is 5. The first kappa shape index (κ1) is 15.0. The first-order chi connectivity index (χ1) is 34.0. The van der Waals surface area contributed by atoms with E-state index in [1.54, 1.807) is 54.6 Å². The predicted molar refractivity (Wildman–Crippen MR) is 216 cm³/mol. The molecule has 0 aliphatic carbocycles. The summed E-state index contributed by atoms with van der Waals surface area (Å²) in [6, 6.07) is 4.79. The second kappa shape index (κ2) is 12.0. The van der Waals surface area contributed by atoms with Crippen molar-refractivity contribution >= 4 is 43.5 Å². The summed E-state index contributed by atoms with van der Waals surface area (Å²) in [7, 11) is 0. The topological polar surface area (TPSA) is 13.1 Å². The van der Waals surface area contributed by atoms with Crippen LogP contribution in [0.5, 0.6) is 0 Å². The second-order valence-corrected chi connectivity index (χ2v) is 11.6. The zero-order chi connectivity index (χ0) is 52.0. The molecule has 0 radical (unpaired) electrons. The molecule has 238 valence electrons. The Morgan fingerprint density at radius 2 is 0.922 bits per heavy atom. The van der Waals surface area contributed by atoms with Crippen LogP contribution >= 0.6 is 0 Å². The van der Waals surface area contributed by atoms with Crippen molar-refractivity contribution in [3.8, 4) is 55.6 Å². The van der Waals surface area contributed by atoms with E-state index in [2.05, 4.69) is 0 Å². The van der Waals surface area contributed by atoms with Gasteiger partial charge in [0.25, 0.3) is 0 Å². The second-order valence-electron chi connectivity index (χ2n) is 11.6. The van der Waals surface area contributed by atoms with Gasteiger partial charge in [0, 0.05) is 10.8 Å². The zero-order valence-corrected chi connectivity index (χ0v) is 26.3. The Labute approximate surface area is 326 Å². The third kappa shape index (κ3) is 4.86. The highest BCUT2D eigenvalue weighted by atomic mass is 16.3. The van der Waals surface area contributed by atoms with E-state index in [4.69, 9.17) is 30.5 Å². The summed E-state index contributed by atoms with van der Waals surface area (Å²) >= 11 is 0. The Morgan fingerprint density at radius 1 is 0.353 bits per heavy atom. The molecule has 1 heteroatoms. The molecule has 10 rings (SSSR count). The molecule has 0 fully saturated rings. The van der Waals surface area contributed by atoms with Gasteiger partial charge in [-0.05, 0) is 101 Å². The molecule has 0 N–H and O–H groups in total. The number of hydrogen-bond donors (Lipinski definition) is 0. The highest BCUT2D eigenvalue weighted by Crippen LogP contribution is 2.48. The fraction of sp³-hybridized carbons (Fsp3) is 0. The van der Waals surface area contributed by atoms with Gasteiger partial charge in [0.15, 0.2) is 0 Å². The lowest BCUT2D eigenvalue weighted by atomic mass is 9.83. The molecule has 10 aromatic rings. The van der Waals surface area contributed by atoms with Gasteiger partial charge in [-0.2, -0.15) is 0 Å². The van der Waals surface area contributed by atoms with Crippen molar-refractivity contribution in [1.29, 1.82) is 0 Å². The maximum Gasteiger partial charge on any atom is 0.136 e. The maximum atomic E-state index is 9.64. The van der Waals surface area contributed by atoms with Gasteiger partial charge in [0.1, 0.15) is 11.2 Å². The fourth-order valence-electron chi connectivity index (χ4n) is 6.74. The minimum absolute atomic E-state index is 0.0233. The average molecular weight is 670 g/mol. The summed E-state index contributed by atoms with van der Waals surface area (Å²) in [6.45, 7) is 0. The molecular formula is C50H32O. The molecule has 1 aromatic heterocycles. The lowest BCUT2D eigenvalue weighted by molar-refractivity contribution is 0.669. The first-order valence-corrected chi connectivity index (χ1v) is 15.8. The van der Waals surface area contributed by atoms with Crippen LogP contribution in [0, 0.1) is 0 Å². The molecule has 0 saturated heterocycles. The molecule has 0 atom stereocenters. The van der Waals surface area contributed by atoms with Crippen LogP contribution in [-0.2, 0) is 0 Å². The van der Waals surface area contributed by atoms with Crippen molar-refractivity contribution in [3.05, 3.63) is 194 Å². The van der Waals surface area contributed by atoms with E-state index in [1.807, 2.05) is 0 Å². The van der Waals surface area contributed by atoms with Gasteiger partial charge in [-0.25, -0.2) is 0 Å². The SMILES string of the molecule is [2H]c1c([2H])c([2H])c(-c2ccc(-c3c4ccccc4c(-c4c([2H])c([2H])c([2H])c5oc6c([2H])c([2H])c(-c7c([2H])c([2H])c([2H])c([2H])c7[2H])c([2H])c6c45)c4ccccc34)cc2-c2c([2H])c([2H])c([2H])c([2H])c2[2H])c([2H])c1[2H]. The van der Waals surface area contributed by atoms with Crippen LogP contribution in [0.4, 0.5) is 0 Å². The van der Waals surface area contributed by atoms with Crippen molar-refractivity contribution in [3.63, 3.8) is 0 Å². The van der Waals surface area contributed by atoms with E-state index in [0.29, 0.717) is 38.2 Å². The van der Waals surface area contributed by atoms with Crippen molar-refractivity contribution < 1.29 is 33.2 Å². The predicted octanol–water partition coefficient (Wildman–Crippen LogP) is 14.2. The Morgan fingerprint density at radius 3 is 1.55 bits per heavy atom. The number of hydrogen-bond acceptors (Lipinski definition) is 1. The van der Waals surface area contributed by atoms with E-state index in [-0.39, 0.29) is 49.8 Å². The van der Waals surface area contributed by atoms with E-state index in [9.17, 15) is 2.74 Å².